The van der Waals surface area contributed by atoms with Gasteiger partial charge in [0.15, 0.2) is 12.2 Å². The molecule has 0 aliphatic heterocycles. The van der Waals surface area contributed by atoms with Crippen molar-refractivity contribution < 1.29 is 80.2 Å². The third kappa shape index (κ3) is 72.8. The van der Waals surface area contributed by atoms with Crippen LogP contribution in [0.1, 0.15) is 414 Å². The van der Waals surface area contributed by atoms with Crippen LogP contribution in [0.2, 0.25) is 0 Å². The van der Waals surface area contributed by atoms with Crippen molar-refractivity contribution in [1.82, 2.24) is 0 Å². The van der Waals surface area contributed by atoms with E-state index in [9.17, 15) is 43.2 Å². The van der Waals surface area contributed by atoms with Crippen molar-refractivity contribution in [2.24, 2.45) is 17.8 Å². The first-order valence-corrected chi connectivity index (χ1v) is 44.4. The van der Waals surface area contributed by atoms with Crippen molar-refractivity contribution in [3.8, 4) is 0 Å². The molecule has 0 rings (SSSR count). The molecule has 0 aromatic heterocycles. The first-order valence-electron chi connectivity index (χ1n) is 41.4. The molecule has 0 aliphatic rings. The van der Waals surface area contributed by atoms with E-state index in [0.29, 0.717) is 31.6 Å². The van der Waals surface area contributed by atoms with E-state index in [1.165, 1.54) is 218 Å². The van der Waals surface area contributed by atoms with E-state index in [1.54, 1.807) is 0 Å². The number of carbonyl (C=O) groups is 4. The molecule has 0 bridgehead atoms. The lowest BCUT2D eigenvalue weighted by atomic mass is 9.99. The molecule has 3 N–H and O–H groups in total. The first kappa shape index (κ1) is 97.1. The average Bonchev–Trinajstić information content (AvgIpc) is 1.03. The highest BCUT2D eigenvalue weighted by Gasteiger charge is 2.30. The Kier molecular flexibility index (Phi) is 69.0. The van der Waals surface area contributed by atoms with Gasteiger partial charge in [-0.1, -0.05) is 363 Å². The molecule has 17 nitrogen and oxygen atoms in total. The number of hydrogen-bond donors (Lipinski definition) is 3. The molecule has 0 aliphatic carbocycles. The molecule has 0 saturated carbocycles. The third-order valence-corrected chi connectivity index (χ3v) is 20.9. The SMILES string of the molecule is CCCCCCCCCCCCCCCCCC(=O)OC[C@H](COP(=O)(O)OC[C@@H](O)COP(=O)(O)OC[C@@H](COC(=O)CCCCCCCCC(C)C)OC(=O)CCCCCCCCCCCCC(C)C)OC(=O)CCCCCCCCCCCCCCCCCCCCC(C)CC. The fourth-order valence-electron chi connectivity index (χ4n) is 12.3. The first-order chi connectivity index (χ1) is 47.8. The molecule has 99 heavy (non-hydrogen) atoms. The summed E-state index contributed by atoms with van der Waals surface area (Å²) in [5.74, 6) is 0.188. The van der Waals surface area contributed by atoms with Crippen LogP contribution in [-0.2, 0) is 65.4 Å². The molecule has 0 heterocycles. The van der Waals surface area contributed by atoms with Gasteiger partial charge >= 0.3 is 39.5 Å². The minimum Gasteiger partial charge on any atom is -0.462 e. The lowest BCUT2D eigenvalue weighted by Gasteiger charge is -2.21. The van der Waals surface area contributed by atoms with Gasteiger partial charge in [0.25, 0.3) is 0 Å². The summed E-state index contributed by atoms with van der Waals surface area (Å²) in [4.78, 5) is 72.9. The fraction of sp³-hybridized carbons (Fsp3) is 0.950. The normalized spacial score (nSPS) is 14.3. The molecule has 0 amide bonds. The molecule has 19 heteroatoms. The van der Waals surface area contributed by atoms with Gasteiger partial charge in [0.1, 0.15) is 19.3 Å². The number of esters is 4. The van der Waals surface area contributed by atoms with Gasteiger partial charge in [-0.25, -0.2) is 9.13 Å². The zero-order valence-electron chi connectivity index (χ0n) is 65.0. The Hall–Kier alpha value is -1.94. The third-order valence-electron chi connectivity index (χ3n) is 19.0. The molecule has 0 fully saturated rings. The largest absolute Gasteiger partial charge is 0.472 e. The minimum absolute atomic E-state index is 0.105. The maximum absolute atomic E-state index is 13.1. The Balaban J connectivity index is 5.20. The van der Waals surface area contributed by atoms with Gasteiger partial charge in [0.05, 0.1) is 26.4 Å². The molecule has 3 unspecified atom stereocenters. The van der Waals surface area contributed by atoms with Crippen LogP contribution in [-0.4, -0.2) is 96.7 Å². The van der Waals surface area contributed by atoms with Crippen LogP contribution in [0, 0.1) is 17.8 Å². The van der Waals surface area contributed by atoms with Crippen LogP contribution in [0.25, 0.3) is 0 Å². The van der Waals surface area contributed by atoms with Crippen LogP contribution in [0.15, 0.2) is 0 Å². The summed E-state index contributed by atoms with van der Waals surface area (Å²) in [6.45, 7) is 11.9. The minimum atomic E-state index is -4.96. The molecule has 0 spiro atoms. The Morgan fingerprint density at radius 1 is 0.293 bits per heavy atom. The van der Waals surface area contributed by atoms with E-state index >= 15 is 0 Å². The van der Waals surface area contributed by atoms with Crippen LogP contribution in [0.4, 0.5) is 0 Å². The van der Waals surface area contributed by atoms with E-state index in [2.05, 4.69) is 48.5 Å². The second-order valence-electron chi connectivity index (χ2n) is 30.0. The maximum Gasteiger partial charge on any atom is 0.472 e. The number of ether oxygens (including phenoxy) is 4. The number of unbranched alkanes of at least 4 members (excludes halogenated alkanes) is 45. The van der Waals surface area contributed by atoms with Crippen molar-refractivity contribution in [3.63, 3.8) is 0 Å². The number of aliphatic hydroxyl groups is 1. The summed E-state index contributed by atoms with van der Waals surface area (Å²) in [5.41, 5.74) is 0. The summed E-state index contributed by atoms with van der Waals surface area (Å²) in [5, 5.41) is 10.6. The standard InChI is InChI=1S/C80H156O17P2/c1-8-10-11-12-13-14-15-16-21-25-28-34-39-47-54-61-77(82)90-67-75(96-79(84)63-56-49-40-35-29-26-23-20-18-17-19-22-24-27-33-38-46-53-60-73(7)9-2)69-94-98(86,87)92-65-74(81)66-93-99(88,89)95-70-76(68-91-78(83)62-55-48-43-42-45-52-59-72(5)6)97-80(85)64-57-50-41-36-31-30-32-37-44-51-58-71(3)4/h71-76,81H,8-70H2,1-7H3,(H,86,87)(H,88,89)/t73?,74-,75-,76-/m1/s1. The van der Waals surface area contributed by atoms with E-state index in [4.69, 9.17) is 37.0 Å². The van der Waals surface area contributed by atoms with Crippen LogP contribution in [0.3, 0.4) is 0 Å². The number of hydrogen-bond acceptors (Lipinski definition) is 15. The lowest BCUT2D eigenvalue weighted by Crippen LogP contribution is -2.30. The molecule has 588 valence electrons. The summed E-state index contributed by atoms with van der Waals surface area (Å²) in [6, 6.07) is 0. The quantitative estimate of drug-likeness (QED) is 0.0222. The molecule has 0 saturated heterocycles. The fourth-order valence-corrected chi connectivity index (χ4v) is 13.9. The van der Waals surface area contributed by atoms with Gasteiger partial charge in [0, 0.05) is 25.7 Å². The second-order valence-corrected chi connectivity index (χ2v) is 32.9. The van der Waals surface area contributed by atoms with Gasteiger partial charge in [-0.2, -0.15) is 0 Å². The van der Waals surface area contributed by atoms with Crippen molar-refractivity contribution >= 4 is 39.5 Å². The van der Waals surface area contributed by atoms with Crippen LogP contribution < -0.4 is 0 Å². The van der Waals surface area contributed by atoms with Gasteiger partial charge in [-0.05, 0) is 43.4 Å². The summed E-state index contributed by atoms with van der Waals surface area (Å²) >= 11 is 0. The Morgan fingerprint density at radius 3 is 0.768 bits per heavy atom. The molecule has 0 aromatic rings. The zero-order chi connectivity index (χ0) is 73.0. The van der Waals surface area contributed by atoms with Crippen molar-refractivity contribution in [2.45, 2.75) is 433 Å². The smallest absolute Gasteiger partial charge is 0.462 e. The highest BCUT2D eigenvalue weighted by molar-refractivity contribution is 7.47. The van der Waals surface area contributed by atoms with Crippen molar-refractivity contribution in [1.29, 1.82) is 0 Å². The second kappa shape index (κ2) is 70.4. The van der Waals surface area contributed by atoms with Gasteiger partial charge in [-0.15, -0.1) is 0 Å². The molecular weight excluding hydrogens is 1290 g/mol. The van der Waals surface area contributed by atoms with Crippen molar-refractivity contribution in [2.75, 3.05) is 39.6 Å². The van der Waals surface area contributed by atoms with Gasteiger partial charge in [0.2, 0.25) is 0 Å². The predicted octanol–water partition coefficient (Wildman–Crippen LogP) is 23.7. The zero-order valence-corrected chi connectivity index (χ0v) is 66.8. The molecule has 6 atom stereocenters. The molecular formula is C80H156O17P2. The number of rotatable bonds is 78. The van der Waals surface area contributed by atoms with Gasteiger partial charge in [-0.3, -0.25) is 37.3 Å². The number of phosphoric acid groups is 2. The Bertz CT molecular complexity index is 1920. The maximum atomic E-state index is 13.1. The number of aliphatic hydroxyl groups excluding tert-OH is 1. The summed E-state index contributed by atoms with van der Waals surface area (Å²) in [7, 11) is -9.92. The lowest BCUT2D eigenvalue weighted by molar-refractivity contribution is -0.161. The predicted molar refractivity (Wildman–Crippen MR) is 405 cm³/mol. The Morgan fingerprint density at radius 2 is 0.515 bits per heavy atom. The van der Waals surface area contributed by atoms with E-state index < -0.39 is 97.5 Å². The highest BCUT2D eigenvalue weighted by atomic mass is 31.2. The highest BCUT2D eigenvalue weighted by Crippen LogP contribution is 2.45. The molecule has 0 radical (unpaired) electrons. The number of phosphoric ester groups is 2. The van der Waals surface area contributed by atoms with Crippen LogP contribution in [0.5, 0.6) is 0 Å². The van der Waals surface area contributed by atoms with Gasteiger partial charge < -0.3 is 33.8 Å². The van der Waals surface area contributed by atoms with E-state index in [-0.39, 0.29) is 25.7 Å². The van der Waals surface area contributed by atoms with E-state index in [0.717, 1.165) is 108 Å². The molecule has 0 aromatic carbocycles. The van der Waals surface area contributed by atoms with Crippen molar-refractivity contribution in [3.05, 3.63) is 0 Å². The monoisotopic (exact) mass is 1450 g/mol. The Labute approximate surface area is 607 Å². The van der Waals surface area contributed by atoms with E-state index in [1.807, 2.05) is 0 Å². The summed E-state index contributed by atoms with van der Waals surface area (Å²) in [6.07, 6.45) is 58.5. The topological polar surface area (TPSA) is 237 Å². The van der Waals surface area contributed by atoms with Crippen LogP contribution >= 0.6 is 15.6 Å². The number of carbonyl (C=O) groups excluding carboxylic acids is 4. The summed E-state index contributed by atoms with van der Waals surface area (Å²) < 4.78 is 68.6. The average molecular weight is 1450 g/mol.